The summed E-state index contributed by atoms with van der Waals surface area (Å²) in [7, 11) is 0. The molecule has 0 N–H and O–H groups in total. The Morgan fingerprint density at radius 2 is 0.879 bits per heavy atom. The van der Waals surface area contributed by atoms with E-state index in [2.05, 4.69) is 210 Å². The van der Waals surface area contributed by atoms with Gasteiger partial charge in [0.15, 0.2) is 0 Å². The Morgan fingerprint density at radius 1 is 0.293 bits per heavy atom. The number of fused-ring (bicyclic) bond motifs is 13. The summed E-state index contributed by atoms with van der Waals surface area (Å²) in [5.74, 6) is 0. The van der Waals surface area contributed by atoms with Gasteiger partial charge in [0, 0.05) is 10.8 Å². The molecule has 0 heterocycles. The highest BCUT2D eigenvalue weighted by molar-refractivity contribution is 6.23. The van der Waals surface area contributed by atoms with Crippen LogP contribution < -0.4 is 0 Å². The summed E-state index contributed by atoms with van der Waals surface area (Å²) >= 11 is 0. The van der Waals surface area contributed by atoms with Crippen LogP contribution in [0, 0.1) is 0 Å². The van der Waals surface area contributed by atoms with E-state index in [1.165, 1.54) is 121 Å². The van der Waals surface area contributed by atoms with E-state index in [1.54, 1.807) is 0 Å². The van der Waals surface area contributed by atoms with E-state index in [-0.39, 0.29) is 10.8 Å². The minimum atomic E-state index is -0.0921. The first-order chi connectivity index (χ1) is 28.3. The highest BCUT2D eigenvalue weighted by Gasteiger charge is 2.44. The van der Waals surface area contributed by atoms with E-state index < -0.39 is 0 Å². The summed E-state index contributed by atoms with van der Waals surface area (Å²) in [6, 6.07) is 68.6. The Hall–Kier alpha value is -6.76. The van der Waals surface area contributed by atoms with Crippen molar-refractivity contribution in [3.05, 3.63) is 204 Å². The van der Waals surface area contributed by atoms with Gasteiger partial charge in [-0.25, -0.2) is 0 Å². The molecule has 274 valence electrons. The second-order valence-electron chi connectivity index (χ2n) is 17.7. The molecule has 0 saturated carbocycles. The fourth-order valence-corrected chi connectivity index (χ4v) is 10.9. The van der Waals surface area contributed by atoms with E-state index >= 15 is 0 Å². The van der Waals surface area contributed by atoms with Crippen molar-refractivity contribution in [1.82, 2.24) is 0 Å². The quantitative estimate of drug-likeness (QED) is 0.158. The van der Waals surface area contributed by atoms with Crippen LogP contribution in [0.1, 0.15) is 49.9 Å². The van der Waals surface area contributed by atoms with Crippen LogP contribution in [-0.4, -0.2) is 0 Å². The third-order valence-corrected chi connectivity index (χ3v) is 13.8. The predicted molar refractivity (Wildman–Crippen MR) is 248 cm³/mol. The molecule has 0 nitrogen and oxygen atoms in total. The number of benzene rings is 10. The van der Waals surface area contributed by atoms with Crippen molar-refractivity contribution < 1.29 is 0 Å². The summed E-state index contributed by atoms with van der Waals surface area (Å²) in [5.41, 5.74) is 18.7. The van der Waals surface area contributed by atoms with Crippen molar-refractivity contribution in [2.45, 2.75) is 38.5 Å². The maximum Gasteiger partial charge on any atom is 0.0165 e. The third kappa shape index (κ3) is 4.63. The molecule has 58 heavy (non-hydrogen) atoms. The Balaban J connectivity index is 0.913. The fraction of sp³-hybridized carbons (Fsp3) is 0.103. The summed E-state index contributed by atoms with van der Waals surface area (Å²) < 4.78 is 0. The third-order valence-electron chi connectivity index (χ3n) is 13.8. The molecule has 10 aromatic carbocycles. The molecule has 10 aromatic rings. The van der Waals surface area contributed by atoms with Gasteiger partial charge in [0.05, 0.1) is 0 Å². The smallest absolute Gasteiger partial charge is 0.0165 e. The Morgan fingerprint density at radius 3 is 1.71 bits per heavy atom. The molecule has 0 heteroatoms. The topological polar surface area (TPSA) is 0 Å². The molecule has 2 aliphatic carbocycles. The lowest BCUT2D eigenvalue weighted by molar-refractivity contribution is 0.647. The minimum Gasteiger partial charge on any atom is -0.0619 e. The molecule has 2 aliphatic rings. The van der Waals surface area contributed by atoms with Gasteiger partial charge in [-0.15, -0.1) is 0 Å². The summed E-state index contributed by atoms with van der Waals surface area (Å²) in [6.45, 7) is 9.60. The maximum atomic E-state index is 2.45. The molecule has 0 radical (unpaired) electrons. The first-order valence-electron chi connectivity index (χ1n) is 20.7. The zero-order valence-electron chi connectivity index (χ0n) is 33.3. The normalized spacial score (nSPS) is 14.5. The van der Waals surface area contributed by atoms with Gasteiger partial charge in [0.2, 0.25) is 0 Å². The number of rotatable bonds is 3. The number of hydrogen-bond acceptors (Lipinski definition) is 0. The van der Waals surface area contributed by atoms with E-state index in [0.717, 1.165) is 0 Å². The van der Waals surface area contributed by atoms with Crippen molar-refractivity contribution in [2.75, 3.05) is 0 Å². The molecule has 0 aromatic heterocycles. The molecular weight excluding hydrogens is 697 g/mol. The van der Waals surface area contributed by atoms with Crippen LogP contribution in [0.3, 0.4) is 0 Å². The number of hydrogen-bond donors (Lipinski definition) is 0. The van der Waals surface area contributed by atoms with Crippen LogP contribution in [-0.2, 0) is 10.8 Å². The molecule has 0 saturated heterocycles. The SMILES string of the molecule is CC1(C)c2ccccc2-c2c1ccc1c2C(C)(C)c2ccc(-c3cccc(-c4ccc5cc(-c6cc7ccc8ccccc8c7c7ccccc67)ccc5c4)c3)cc2-1. The lowest BCUT2D eigenvalue weighted by Gasteiger charge is -2.26. The van der Waals surface area contributed by atoms with Crippen LogP contribution >= 0.6 is 0 Å². The average molecular weight is 739 g/mol. The van der Waals surface area contributed by atoms with E-state index in [9.17, 15) is 0 Å². The van der Waals surface area contributed by atoms with Gasteiger partial charge in [-0.1, -0.05) is 179 Å². The van der Waals surface area contributed by atoms with Gasteiger partial charge in [0.1, 0.15) is 0 Å². The largest absolute Gasteiger partial charge is 0.0619 e. The van der Waals surface area contributed by atoms with Crippen molar-refractivity contribution >= 4 is 43.1 Å². The lowest BCUT2D eigenvalue weighted by Crippen LogP contribution is -2.18. The molecule has 0 atom stereocenters. The first kappa shape index (κ1) is 33.4. The fourth-order valence-electron chi connectivity index (χ4n) is 10.9. The summed E-state index contributed by atoms with van der Waals surface area (Å²) in [6.07, 6.45) is 0. The van der Waals surface area contributed by atoms with Crippen LogP contribution in [0.2, 0.25) is 0 Å². The van der Waals surface area contributed by atoms with Crippen LogP contribution in [0.25, 0.3) is 98.7 Å². The lowest BCUT2D eigenvalue weighted by atomic mass is 9.77. The van der Waals surface area contributed by atoms with Gasteiger partial charge < -0.3 is 0 Å². The van der Waals surface area contributed by atoms with Gasteiger partial charge in [-0.05, 0) is 151 Å². The molecule has 0 fully saturated rings. The standard InChI is InChI=1S/C58H42/c1-57(2)51-19-10-9-18-48(51)55-53(57)29-27-47-50-33-41(26-28-52(50)58(3,4)56(47)55)37-14-11-13-36(30-37)38-21-22-40-32-42(24-23-39(40)31-38)49-34-43-25-20-35-12-5-6-15-44(35)54(43)46-17-8-7-16-45(46)49/h5-34H,1-4H3. The van der Waals surface area contributed by atoms with Crippen molar-refractivity contribution in [3.63, 3.8) is 0 Å². The van der Waals surface area contributed by atoms with Gasteiger partial charge >= 0.3 is 0 Å². The van der Waals surface area contributed by atoms with Crippen LogP contribution in [0.5, 0.6) is 0 Å². The molecule has 12 rings (SSSR count). The second kappa shape index (κ2) is 11.9. The van der Waals surface area contributed by atoms with Crippen LogP contribution in [0.4, 0.5) is 0 Å². The Bertz CT molecular complexity index is 3390. The second-order valence-corrected chi connectivity index (χ2v) is 17.7. The Labute approximate surface area is 340 Å². The van der Waals surface area contributed by atoms with Gasteiger partial charge in [0.25, 0.3) is 0 Å². The highest BCUT2D eigenvalue weighted by Crippen LogP contribution is 2.59. The van der Waals surface area contributed by atoms with E-state index in [0.29, 0.717) is 0 Å². The molecule has 0 spiro atoms. The van der Waals surface area contributed by atoms with Crippen molar-refractivity contribution in [3.8, 4) is 55.6 Å². The first-order valence-corrected chi connectivity index (χ1v) is 20.7. The summed E-state index contributed by atoms with van der Waals surface area (Å²) in [5, 5.41) is 10.3. The van der Waals surface area contributed by atoms with Gasteiger partial charge in [-0.2, -0.15) is 0 Å². The highest BCUT2D eigenvalue weighted by atomic mass is 14.5. The van der Waals surface area contributed by atoms with E-state index in [1.807, 2.05) is 0 Å². The van der Waals surface area contributed by atoms with Gasteiger partial charge in [-0.3, -0.25) is 0 Å². The van der Waals surface area contributed by atoms with E-state index in [4.69, 9.17) is 0 Å². The predicted octanol–water partition coefficient (Wildman–Crippen LogP) is 15.9. The zero-order chi connectivity index (χ0) is 38.9. The average Bonchev–Trinajstić information content (AvgIpc) is 3.64. The van der Waals surface area contributed by atoms with Crippen molar-refractivity contribution in [1.29, 1.82) is 0 Å². The monoisotopic (exact) mass is 738 g/mol. The molecule has 0 unspecified atom stereocenters. The van der Waals surface area contributed by atoms with Crippen molar-refractivity contribution in [2.24, 2.45) is 0 Å². The molecule has 0 aliphatic heterocycles. The zero-order valence-corrected chi connectivity index (χ0v) is 33.3. The summed E-state index contributed by atoms with van der Waals surface area (Å²) in [4.78, 5) is 0. The maximum absolute atomic E-state index is 2.45. The van der Waals surface area contributed by atoms with Crippen LogP contribution in [0.15, 0.2) is 182 Å². The molecular formula is C58H42. The minimum absolute atomic E-state index is 0.00928. The molecule has 0 bridgehead atoms. The Kier molecular flexibility index (Phi) is 6.84. The molecule has 0 amide bonds.